The third-order valence-electron chi connectivity index (χ3n) is 3.99. The molecule has 1 atom stereocenters. The van der Waals surface area contributed by atoms with E-state index in [1.165, 1.54) is 71.0 Å². The molecule has 0 aromatic carbocycles. The number of hydrogen-bond donors (Lipinski definition) is 2. The largest absolute Gasteiger partial charge is 0.316 e. The van der Waals surface area contributed by atoms with Crippen LogP contribution in [0.2, 0.25) is 0 Å². The van der Waals surface area contributed by atoms with Gasteiger partial charge >= 0.3 is 0 Å². The monoisotopic (exact) mass is 210 g/mol. The maximum Gasteiger partial charge on any atom is 0.00670 e. The highest BCUT2D eigenvalue weighted by Crippen LogP contribution is 2.18. The fraction of sp³-hybridized carbons (Fsp3) is 1.00. The Kier molecular flexibility index (Phi) is 4.94. The summed E-state index contributed by atoms with van der Waals surface area (Å²) in [5.74, 6) is 0.971. The molecule has 0 radical (unpaired) electrons. The van der Waals surface area contributed by atoms with Gasteiger partial charge in [-0.1, -0.05) is 19.3 Å². The molecule has 1 saturated heterocycles. The van der Waals surface area contributed by atoms with Gasteiger partial charge in [-0.15, -0.1) is 0 Å². The summed E-state index contributed by atoms with van der Waals surface area (Å²) in [6, 6.07) is 0.848. The van der Waals surface area contributed by atoms with E-state index >= 15 is 0 Å². The first kappa shape index (κ1) is 11.4. The van der Waals surface area contributed by atoms with Gasteiger partial charge in [0.2, 0.25) is 0 Å². The van der Waals surface area contributed by atoms with Crippen LogP contribution in [-0.2, 0) is 0 Å². The van der Waals surface area contributed by atoms with Crippen molar-refractivity contribution in [1.29, 1.82) is 0 Å². The molecule has 2 rings (SSSR count). The highest BCUT2D eigenvalue weighted by molar-refractivity contribution is 4.74. The van der Waals surface area contributed by atoms with E-state index in [0.29, 0.717) is 0 Å². The van der Waals surface area contributed by atoms with Crippen LogP contribution in [0.15, 0.2) is 0 Å². The van der Waals surface area contributed by atoms with E-state index in [1.807, 2.05) is 0 Å². The molecule has 1 unspecified atom stereocenters. The molecule has 2 fully saturated rings. The molecule has 1 aliphatic heterocycles. The Hall–Kier alpha value is -0.0800. The zero-order chi connectivity index (χ0) is 10.3. The quantitative estimate of drug-likeness (QED) is 0.680. The highest BCUT2D eigenvalue weighted by atomic mass is 14.9. The van der Waals surface area contributed by atoms with Crippen LogP contribution in [0.5, 0.6) is 0 Å². The van der Waals surface area contributed by atoms with Gasteiger partial charge in [-0.05, 0) is 57.7 Å². The molecule has 2 N–H and O–H groups in total. The van der Waals surface area contributed by atoms with Crippen molar-refractivity contribution in [3.63, 3.8) is 0 Å². The Balaban J connectivity index is 1.47. The molecule has 0 amide bonds. The van der Waals surface area contributed by atoms with Crippen molar-refractivity contribution >= 4 is 0 Å². The van der Waals surface area contributed by atoms with Crippen molar-refractivity contribution in [2.45, 2.75) is 57.4 Å². The molecule has 2 nitrogen and oxygen atoms in total. The van der Waals surface area contributed by atoms with E-state index in [4.69, 9.17) is 0 Å². The zero-order valence-corrected chi connectivity index (χ0v) is 9.93. The fourth-order valence-corrected chi connectivity index (χ4v) is 2.96. The van der Waals surface area contributed by atoms with E-state index in [9.17, 15) is 0 Å². The molecule has 1 heterocycles. The second-order valence-electron chi connectivity index (χ2n) is 5.29. The predicted octanol–water partition coefficient (Wildman–Crippen LogP) is 2.30. The van der Waals surface area contributed by atoms with Gasteiger partial charge < -0.3 is 10.6 Å². The Morgan fingerprint density at radius 2 is 1.93 bits per heavy atom. The van der Waals surface area contributed by atoms with Gasteiger partial charge in [-0.25, -0.2) is 0 Å². The third kappa shape index (κ3) is 4.12. The van der Waals surface area contributed by atoms with Crippen LogP contribution in [0.1, 0.15) is 51.4 Å². The Morgan fingerprint density at radius 1 is 1.07 bits per heavy atom. The van der Waals surface area contributed by atoms with Crippen molar-refractivity contribution in [3.05, 3.63) is 0 Å². The number of hydrogen-bond acceptors (Lipinski definition) is 2. The average molecular weight is 210 g/mol. The molecule has 0 aromatic rings. The topological polar surface area (TPSA) is 24.1 Å². The van der Waals surface area contributed by atoms with Gasteiger partial charge in [-0.2, -0.15) is 0 Å². The summed E-state index contributed by atoms with van der Waals surface area (Å²) < 4.78 is 0. The van der Waals surface area contributed by atoms with Crippen LogP contribution in [0.4, 0.5) is 0 Å². The molecule has 1 aliphatic carbocycles. The van der Waals surface area contributed by atoms with E-state index in [2.05, 4.69) is 10.6 Å². The lowest BCUT2D eigenvalue weighted by molar-refractivity contribution is 0.365. The zero-order valence-electron chi connectivity index (χ0n) is 9.93. The minimum absolute atomic E-state index is 0.848. The number of nitrogens with one attached hydrogen (secondary N) is 2. The minimum atomic E-state index is 0.848. The first-order valence-electron chi connectivity index (χ1n) is 6.89. The van der Waals surface area contributed by atoms with E-state index in [1.54, 1.807) is 0 Å². The van der Waals surface area contributed by atoms with E-state index in [-0.39, 0.29) is 0 Å². The number of rotatable bonds is 5. The van der Waals surface area contributed by atoms with Gasteiger partial charge in [0.25, 0.3) is 0 Å². The second-order valence-corrected chi connectivity index (χ2v) is 5.29. The summed E-state index contributed by atoms with van der Waals surface area (Å²) in [4.78, 5) is 0. The van der Waals surface area contributed by atoms with Crippen LogP contribution in [0.3, 0.4) is 0 Å². The summed E-state index contributed by atoms with van der Waals surface area (Å²) in [6.45, 7) is 3.77. The molecule has 2 heteroatoms. The third-order valence-corrected chi connectivity index (χ3v) is 3.99. The van der Waals surface area contributed by atoms with Crippen molar-refractivity contribution < 1.29 is 0 Å². The molecule has 15 heavy (non-hydrogen) atoms. The highest BCUT2D eigenvalue weighted by Gasteiger charge is 2.15. The maximum atomic E-state index is 3.73. The standard InChI is InChI=1S/C13H26N2/c1-2-6-13(7-3-1)15-9-4-5-12-8-10-14-11-12/h12-15H,1-11H2. The Labute approximate surface area is 94.2 Å². The molecule has 88 valence electrons. The van der Waals surface area contributed by atoms with E-state index < -0.39 is 0 Å². The van der Waals surface area contributed by atoms with Gasteiger partial charge in [0.1, 0.15) is 0 Å². The molecule has 0 aromatic heterocycles. The summed E-state index contributed by atoms with van der Waals surface area (Å²) in [5, 5.41) is 7.17. The molecule has 0 bridgehead atoms. The summed E-state index contributed by atoms with van der Waals surface area (Å²) in [7, 11) is 0. The predicted molar refractivity (Wildman–Crippen MR) is 65.1 cm³/mol. The minimum Gasteiger partial charge on any atom is -0.316 e. The van der Waals surface area contributed by atoms with Gasteiger partial charge in [0.15, 0.2) is 0 Å². The van der Waals surface area contributed by atoms with Crippen molar-refractivity contribution in [2.24, 2.45) is 5.92 Å². The first-order chi connectivity index (χ1) is 7.45. The van der Waals surface area contributed by atoms with Crippen LogP contribution in [-0.4, -0.2) is 25.7 Å². The van der Waals surface area contributed by atoms with Gasteiger partial charge in [-0.3, -0.25) is 0 Å². The van der Waals surface area contributed by atoms with Crippen LogP contribution >= 0.6 is 0 Å². The van der Waals surface area contributed by atoms with Crippen molar-refractivity contribution in [3.8, 4) is 0 Å². The average Bonchev–Trinajstić information content (AvgIpc) is 2.79. The lowest BCUT2D eigenvalue weighted by Gasteiger charge is -2.23. The van der Waals surface area contributed by atoms with Crippen molar-refractivity contribution in [2.75, 3.05) is 19.6 Å². The lowest BCUT2D eigenvalue weighted by Crippen LogP contribution is -2.31. The molecular weight excluding hydrogens is 184 g/mol. The lowest BCUT2D eigenvalue weighted by atomic mass is 9.95. The summed E-state index contributed by atoms with van der Waals surface area (Å²) >= 11 is 0. The summed E-state index contributed by atoms with van der Waals surface area (Å²) in [6.07, 6.45) is 11.4. The van der Waals surface area contributed by atoms with Crippen LogP contribution in [0.25, 0.3) is 0 Å². The van der Waals surface area contributed by atoms with Crippen LogP contribution in [0, 0.1) is 5.92 Å². The molecule has 2 aliphatic rings. The van der Waals surface area contributed by atoms with E-state index in [0.717, 1.165) is 12.0 Å². The fourth-order valence-electron chi connectivity index (χ4n) is 2.96. The van der Waals surface area contributed by atoms with Gasteiger partial charge in [0, 0.05) is 6.04 Å². The molecule has 1 saturated carbocycles. The second kappa shape index (κ2) is 6.49. The molecule has 0 spiro atoms. The van der Waals surface area contributed by atoms with Crippen LogP contribution < -0.4 is 10.6 Å². The molecular formula is C13H26N2. The normalized spacial score (nSPS) is 28.4. The smallest absolute Gasteiger partial charge is 0.00670 e. The Bertz CT molecular complexity index is 158. The Morgan fingerprint density at radius 3 is 2.67 bits per heavy atom. The summed E-state index contributed by atoms with van der Waals surface area (Å²) in [5.41, 5.74) is 0. The van der Waals surface area contributed by atoms with Crippen molar-refractivity contribution in [1.82, 2.24) is 10.6 Å². The maximum absolute atomic E-state index is 3.73. The van der Waals surface area contributed by atoms with Gasteiger partial charge in [0.05, 0.1) is 0 Å². The SMILES string of the molecule is C1CCC(NCCCC2CCNC2)CC1. The first-order valence-corrected chi connectivity index (χ1v) is 6.89.